The van der Waals surface area contributed by atoms with E-state index in [1.807, 2.05) is 12.3 Å². The van der Waals surface area contributed by atoms with Gasteiger partial charge in [-0.05, 0) is 62.0 Å². The van der Waals surface area contributed by atoms with E-state index >= 15 is 0 Å². The van der Waals surface area contributed by atoms with Crippen molar-refractivity contribution in [1.82, 2.24) is 9.97 Å². The smallest absolute Gasteiger partial charge is 0.0721 e. The fraction of sp³-hybridized carbons (Fsp3) is 0. The zero-order valence-corrected chi connectivity index (χ0v) is 20.8. The quantitative estimate of drug-likeness (QED) is 0.249. The lowest BCUT2D eigenvalue weighted by Crippen LogP contribution is -1.93. The molecule has 0 aliphatic rings. The summed E-state index contributed by atoms with van der Waals surface area (Å²) in [4.78, 5) is 9.53. The van der Waals surface area contributed by atoms with E-state index in [1.54, 1.807) is 6.20 Å². The maximum Gasteiger partial charge on any atom is 0.0721 e. The molecule has 0 aliphatic heterocycles. The molecule has 0 atom stereocenters. The molecule has 178 valence electrons. The van der Waals surface area contributed by atoms with E-state index in [2.05, 4.69) is 132 Å². The first kappa shape index (κ1) is 22.1. The molecule has 2 aromatic heterocycles. The van der Waals surface area contributed by atoms with Crippen LogP contribution in [0.4, 0.5) is 0 Å². The van der Waals surface area contributed by atoms with Crippen LogP contribution >= 0.6 is 0 Å². The molecule has 38 heavy (non-hydrogen) atoms. The molecule has 0 radical (unpaired) electrons. The van der Waals surface area contributed by atoms with Crippen LogP contribution in [0.25, 0.3) is 66.3 Å². The Morgan fingerprint density at radius 2 is 0.921 bits per heavy atom. The third-order valence-electron chi connectivity index (χ3n) is 7.17. The Morgan fingerprint density at radius 1 is 0.395 bits per heavy atom. The molecular formula is C36H24N2. The second-order valence-corrected chi connectivity index (χ2v) is 9.50. The lowest BCUT2D eigenvalue weighted by molar-refractivity contribution is 1.33. The summed E-state index contributed by atoms with van der Waals surface area (Å²) in [5.41, 5.74) is 8.78. The van der Waals surface area contributed by atoms with Crippen molar-refractivity contribution in [2.75, 3.05) is 0 Å². The number of fused-ring (bicyclic) bond motifs is 2. The van der Waals surface area contributed by atoms with E-state index in [0.29, 0.717) is 0 Å². The van der Waals surface area contributed by atoms with E-state index in [-0.39, 0.29) is 0 Å². The van der Waals surface area contributed by atoms with Crippen molar-refractivity contribution in [3.05, 3.63) is 146 Å². The molecule has 0 fully saturated rings. The van der Waals surface area contributed by atoms with Crippen LogP contribution in [0.15, 0.2) is 146 Å². The first-order valence-electron chi connectivity index (χ1n) is 12.8. The molecule has 2 nitrogen and oxygen atoms in total. The van der Waals surface area contributed by atoms with Gasteiger partial charge < -0.3 is 0 Å². The lowest BCUT2D eigenvalue weighted by atomic mass is 9.95. The van der Waals surface area contributed by atoms with Crippen molar-refractivity contribution in [3.63, 3.8) is 0 Å². The summed E-state index contributed by atoms with van der Waals surface area (Å²) in [5.74, 6) is 0. The van der Waals surface area contributed by atoms with Gasteiger partial charge in [0.1, 0.15) is 0 Å². The Hall–Kier alpha value is -5.08. The maximum atomic E-state index is 5.26. The molecule has 0 aliphatic carbocycles. The molecule has 0 saturated carbocycles. The van der Waals surface area contributed by atoms with Crippen molar-refractivity contribution in [2.24, 2.45) is 0 Å². The highest BCUT2D eigenvalue weighted by atomic mass is 14.7. The van der Waals surface area contributed by atoms with Crippen LogP contribution in [-0.2, 0) is 0 Å². The highest BCUT2D eigenvalue weighted by Gasteiger charge is 2.13. The molecule has 5 aromatic carbocycles. The van der Waals surface area contributed by atoms with Gasteiger partial charge >= 0.3 is 0 Å². The van der Waals surface area contributed by atoms with Crippen LogP contribution in [0.1, 0.15) is 0 Å². The Bertz CT molecular complexity index is 1800. The highest BCUT2D eigenvalue weighted by molar-refractivity contribution is 5.99. The van der Waals surface area contributed by atoms with Gasteiger partial charge in [0.15, 0.2) is 0 Å². The third kappa shape index (κ3) is 4.03. The Kier molecular flexibility index (Phi) is 5.49. The zero-order valence-electron chi connectivity index (χ0n) is 20.8. The predicted octanol–water partition coefficient (Wildman–Crippen LogP) is 9.45. The standard InChI is InChI=1S/C36H24N2/c1-3-13-31-27(8-1)10-5-15-33(31)35-22-30(26-19-17-25(18-20-26)29-12-7-21-37-24-29)23-36(38-35)34-16-6-11-28-9-2-4-14-32(28)34/h1-24H. The summed E-state index contributed by atoms with van der Waals surface area (Å²) >= 11 is 0. The normalized spacial score (nSPS) is 11.2. The Balaban J connectivity index is 1.44. The summed E-state index contributed by atoms with van der Waals surface area (Å²) in [6.07, 6.45) is 3.71. The van der Waals surface area contributed by atoms with E-state index in [9.17, 15) is 0 Å². The number of aromatic nitrogens is 2. The number of rotatable bonds is 4. The average Bonchev–Trinajstić information content (AvgIpc) is 3.01. The predicted molar refractivity (Wildman–Crippen MR) is 159 cm³/mol. The highest BCUT2D eigenvalue weighted by Crippen LogP contribution is 2.36. The Morgan fingerprint density at radius 3 is 1.47 bits per heavy atom. The largest absolute Gasteiger partial charge is 0.264 e. The van der Waals surface area contributed by atoms with Crippen LogP contribution in [0.3, 0.4) is 0 Å². The van der Waals surface area contributed by atoms with Gasteiger partial charge in [0.2, 0.25) is 0 Å². The molecule has 0 spiro atoms. The van der Waals surface area contributed by atoms with Gasteiger partial charge in [0.05, 0.1) is 11.4 Å². The summed E-state index contributed by atoms with van der Waals surface area (Å²) in [7, 11) is 0. The maximum absolute atomic E-state index is 5.26. The van der Waals surface area contributed by atoms with Crippen molar-refractivity contribution >= 4 is 21.5 Å². The fourth-order valence-electron chi connectivity index (χ4n) is 5.26. The second kappa shape index (κ2) is 9.42. The first-order valence-corrected chi connectivity index (χ1v) is 12.8. The molecule has 0 unspecified atom stereocenters. The van der Waals surface area contributed by atoms with Gasteiger partial charge in [-0.2, -0.15) is 0 Å². The van der Waals surface area contributed by atoms with Crippen LogP contribution in [0.5, 0.6) is 0 Å². The Labute approximate surface area is 221 Å². The van der Waals surface area contributed by atoms with Gasteiger partial charge in [-0.3, -0.25) is 4.98 Å². The van der Waals surface area contributed by atoms with Crippen molar-refractivity contribution in [3.8, 4) is 44.8 Å². The van der Waals surface area contributed by atoms with Crippen molar-refractivity contribution in [1.29, 1.82) is 0 Å². The number of nitrogens with zero attached hydrogens (tertiary/aromatic N) is 2. The summed E-state index contributed by atoms with van der Waals surface area (Å²) in [5, 5.41) is 4.83. The van der Waals surface area contributed by atoms with E-state index in [0.717, 1.165) is 44.8 Å². The molecule has 0 bridgehead atoms. The monoisotopic (exact) mass is 484 g/mol. The van der Waals surface area contributed by atoms with Crippen LogP contribution in [0, 0.1) is 0 Å². The van der Waals surface area contributed by atoms with Gasteiger partial charge in [0.25, 0.3) is 0 Å². The van der Waals surface area contributed by atoms with Gasteiger partial charge in [-0.15, -0.1) is 0 Å². The van der Waals surface area contributed by atoms with Gasteiger partial charge in [-0.25, -0.2) is 4.98 Å². The minimum absolute atomic E-state index is 0.971. The minimum Gasteiger partial charge on any atom is -0.264 e. The fourth-order valence-corrected chi connectivity index (χ4v) is 5.26. The SMILES string of the molecule is c1cncc(-c2ccc(-c3cc(-c4cccc5ccccc45)nc(-c4cccc5ccccc45)c3)cc2)c1. The number of benzene rings is 5. The molecule has 0 N–H and O–H groups in total. The van der Waals surface area contributed by atoms with Gasteiger partial charge in [-0.1, -0.05) is 115 Å². The van der Waals surface area contributed by atoms with Gasteiger partial charge in [0, 0.05) is 23.5 Å². The molecule has 2 heteroatoms. The summed E-state index contributed by atoms with van der Waals surface area (Å²) < 4.78 is 0. The molecule has 0 saturated heterocycles. The van der Waals surface area contributed by atoms with Crippen LogP contribution < -0.4 is 0 Å². The van der Waals surface area contributed by atoms with Crippen LogP contribution in [0.2, 0.25) is 0 Å². The second-order valence-electron chi connectivity index (χ2n) is 9.50. The topological polar surface area (TPSA) is 25.8 Å². The number of pyridine rings is 2. The minimum atomic E-state index is 0.971. The van der Waals surface area contributed by atoms with E-state index in [4.69, 9.17) is 4.98 Å². The first-order chi connectivity index (χ1) is 18.8. The summed E-state index contributed by atoms with van der Waals surface area (Å²) in [6, 6.07) is 47.2. The number of hydrogen-bond acceptors (Lipinski definition) is 2. The molecular weight excluding hydrogens is 460 g/mol. The third-order valence-corrected chi connectivity index (χ3v) is 7.17. The molecule has 7 aromatic rings. The lowest BCUT2D eigenvalue weighted by Gasteiger charge is -2.14. The van der Waals surface area contributed by atoms with Crippen molar-refractivity contribution in [2.45, 2.75) is 0 Å². The molecule has 7 rings (SSSR count). The molecule has 0 amide bonds. The van der Waals surface area contributed by atoms with Crippen LogP contribution in [-0.4, -0.2) is 9.97 Å². The molecule has 2 heterocycles. The zero-order chi connectivity index (χ0) is 25.3. The van der Waals surface area contributed by atoms with E-state index in [1.165, 1.54) is 21.5 Å². The summed E-state index contributed by atoms with van der Waals surface area (Å²) in [6.45, 7) is 0. The van der Waals surface area contributed by atoms with Crippen molar-refractivity contribution < 1.29 is 0 Å². The number of hydrogen-bond donors (Lipinski definition) is 0. The van der Waals surface area contributed by atoms with E-state index < -0.39 is 0 Å². The average molecular weight is 485 g/mol.